The molecule has 0 bridgehead atoms. The van der Waals surface area contributed by atoms with Crippen LogP contribution in [0.25, 0.3) is 0 Å². The van der Waals surface area contributed by atoms with Crippen LogP contribution < -0.4 is 10.6 Å². The molecular weight excluding hydrogens is 258 g/mol. The predicted octanol–water partition coefficient (Wildman–Crippen LogP) is -0.160. The predicted molar refractivity (Wildman–Crippen MR) is 78.8 cm³/mol. The molecule has 1 fully saturated rings. The summed E-state index contributed by atoms with van der Waals surface area (Å²) in [6.07, 6.45) is 1.91. The monoisotopic (exact) mass is 287 g/mol. The third-order valence-electron chi connectivity index (χ3n) is 3.42. The zero-order valence-electron chi connectivity index (χ0n) is 12.8. The summed E-state index contributed by atoms with van der Waals surface area (Å²) in [5, 5.41) is 6.16. The van der Waals surface area contributed by atoms with Crippen molar-refractivity contribution in [1.82, 2.24) is 15.5 Å². The number of rotatable bonds is 10. The number of morpholine rings is 1. The van der Waals surface area contributed by atoms with Gasteiger partial charge in [0.1, 0.15) is 0 Å². The molecule has 1 rings (SSSR count). The molecule has 0 spiro atoms. The van der Waals surface area contributed by atoms with Crippen LogP contribution in [0.1, 0.15) is 19.8 Å². The first-order chi connectivity index (χ1) is 9.74. The smallest absolute Gasteiger partial charge is 0.236 e. The number of hydrogen-bond acceptors (Lipinski definition) is 5. The number of nitrogens with zero attached hydrogens (tertiary/aromatic N) is 1. The molecule has 118 valence electrons. The van der Waals surface area contributed by atoms with Crippen molar-refractivity contribution in [2.24, 2.45) is 0 Å². The van der Waals surface area contributed by atoms with Gasteiger partial charge in [0.05, 0.1) is 19.3 Å². The van der Waals surface area contributed by atoms with Crippen molar-refractivity contribution < 1.29 is 14.3 Å². The van der Waals surface area contributed by atoms with Crippen molar-refractivity contribution in [2.45, 2.75) is 25.8 Å². The second-order valence-electron chi connectivity index (χ2n) is 5.12. The number of methoxy groups -OCH3 is 1. The van der Waals surface area contributed by atoms with Crippen LogP contribution in [-0.2, 0) is 14.3 Å². The Balaban J connectivity index is 1.98. The highest BCUT2D eigenvalue weighted by Crippen LogP contribution is 1.97. The fourth-order valence-electron chi connectivity index (χ4n) is 2.12. The zero-order chi connectivity index (χ0) is 14.6. The Labute approximate surface area is 122 Å². The molecule has 20 heavy (non-hydrogen) atoms. The van der Waals surface area contributed by atoms with Crippen LogP contribution in [0.4, 0.5) is 0 Å². The van der Waals surface area contributed by atoms with Crippen LogP contribution in [-0.4, -0.2) is 76.5 Å². The molecule has 0 saturated carbocycles. The number of ether oxygens (including phenoxy) is 2. The lowest BCUT2D eigenvalue weighted by atomic mass is 10.2. The van der Waals surface area contributed by atoms with Gasteiger partial charge in [0.25, 0.3) is 0 Å². The Bertz CT molecular complexity index is 258. The topological polar surface area (TPSA) is 62.8 Å². The normalized spacial score (nSPS) is 17.9. The SMILES string of the molecule is COCCCNC(=O)C(C)NCCCN1CCOCC1. The minimum Gasteiger partial charge on any atom is -0.385 e. The molecule has 1 aliphatic heterocycles. The number of carbonyl (C=O) groups excluding carboxylic acids is 1. The third kappa shape index (κ3) is 7.79. The van der Waals surface area contributed by atoms with E-state index >= 15 is 0 Å². The van der Waals surface area contributed by atoms with Crippen molar-refractivity contribution in [3.63, 3.8) is 0 Å². The summed E-state index contributed by atoms with van der Waals surface area (Å²) in [5.41, 5.74) is 0. The molecule has 1 amide bonds. The van der Waals surface area contributed by atoms with Crippen molar-refractivity contribution in [1.29, 1.82) is 0 Å². The number of hydrogen-bond donors (Lipinski definition) is 2. The van der Waals surface area contributed by atoms with Gasteiger partial charge in [0, 0.05) is 33.4 Å². The summed E-state index contributed by atoms with van der Waals surface area (Å²) in [4.78, 5) is 14.2. The van der Waals surface area contributed by atoms with Gasteiger partial charge in [0.2, 0.25) is 5.91 Å². The Kier molecular flexibility index (Phi) is 9.57. The van der Waals surface area contributed by atoms with E-state index in [1.54, 1.807) is 7.11 Å². The average Bonchev–Trinajstić information content (AvgIpc) is 2.48. The van der Waals surface area contributed by atoms with Crippen molar-refractivity contribution in [3.05, 3.63) is 0 Å². The number of nitrogens with one attached hydrogen (secondary N) is 2. The first-order valence-electron chi connectivity index (χ1n) is 7.54. The summed E-state index contributed by atoms with van der Waals surface area (Å²) >= 11 is 0. The van der Waals surface area contributed by atoms with Gasteiger partial charge in [-0.2, -0.15) is 0 Å². The first kappa shape index (κ1) is 17.4. The maximum Gasteiger partial charge on any atom is 0.236 e. The molecule has 0 aromatic rings. The van der Waals surface area contributed by atoms with E-state index in [-0.39, 0.29) is 11.9 Å². The highest BCUT2D eigenvalue weighted by atomic mass is 16.5. The highest BCUT2D eigenvalue weighted by molar-refractivity contribution is 5.81. The summed E-state index contributed by atoms with van der Waals surface area (Å²) in [7, 11) is 1.67. The molecule has 0 aromatic carbocycles. The van der Waals surface area contributed by atoms with Crippen molar-refractivity contribution in [2.75, 3.05) is 59.7 Å². The third-order valence-corrected chi connectivity index (χ3v) is 3.42. The Hall–Kier alpha value is -0.690. The molecule has 0 aliphatic carbocycles. The van der Waals surface area contributed by atoms with E-state index in [2.05, 4.69) is 15.5 Å². The molecular formula is C14H29N3O3. The summed E-state index contributed by atoms with van der Waals surface area (Å²) < 4.78 is 10.3. The van der Waals surface area contributed by atoms with Gasteiger partial charge in [0.15, 0.2) is 0 Å². The van der Waals surface area contributed by atoms with Crippen LogP contribution in [0.5, 0.6) is 0 Å². The van der Waals surface area contributed by atoms with Gasteiger partial charge in [-0.25, -0.2) is 0 Å². The molecule has 6 nitrogen and oxygen atoms in total. The van der Waals surface area contributed by atoms with Crippen LogP contribution in [0.3, 0.4) is 0 Å². The van der Waals surface area contributed by atoms with Crippen molar-refractivity contribution in [3.8, 4) is 0 Å². The second-order valence-corrected chi connectivity index (χ2v) is 5.12. The van der Waals surface area contributed by atoms with Crippen LogP contribution >= 0.6 is 0 Å². The first-order valence-corrected chi connectivity index (χ1v) is 7.54. The molecule has 0 aromatic heterocycles. The summed E-state index contributed by atoms with van der Waals surface area (Å²) in [6.45, 7) is 8.92. The zero-order valence-corrected chi connectivity index (χ0v) is 12.8. The Morgan fingerprint density at radius 3 is 2.75 bits per heavy atom. The largest absolute Gasteiger partial charge is 0.385 e. The van der Waals surface area contributed by atoms with Gasteiger partial charge < -0.3 is 20.1 Å². The molecule has 1 atom stereocenters. The molecule has 1 unspecified atom stereocenters. The Morgan fingerprint density at radius 1 is 1.30 bits per heavy atom. The van der Waals surface area contributed by atoms with Crippen LogP contribution in [0.15, 0.2) is 0 Å². The quantitative estimate of drug-likeness (QED) is 0.547. The fourth-order valence-corrected chi connectivity index (χ4v) is 2.12. The lowest BCUT2D eigenvalue weighted by Gasteiger charge is -2.26. The van der Waals surface area contributed by atoms with E-state index in [1.165, 1.54) is 0 Å². The van der Waals surface area contributed by atoms with Gasteiger partial charge in [-0.3, -0.25) is 9.69 Å². The maximum atomic E-state index is 11.8. The number of carbonyl (C=O) groups is 1. The minimum absolute atomic E-state index is 0.0625. The number of amides is 1. The van der Waals surface area contributed by atoms with E-state index in [1.807, 2.05) is 6.92 Å². The molecule has 1 heterocycles. The fraction of sp³-hybridized carbons (Fsp3) is 0.929. The van der Waals surface area contributed by atoms with Gasteiger partial charge in [-0.15, -0.1) is 0 Å². The lowest BCUT2D eigenvalue weighted by molar-refractivity contribution is -0.122. The molecule has 2 N–H and O–H groups in total. The molecule has 6 heteroatoms. The average molecular weight is 287 g/mol. The van der Waals surface area contributed by atoms with E-state index in [0.29, 0.717) is 13.2 Å². The Morgan fingerprint density at radius 2 is 2.05 bits per heavy atom. The summed E-state index contributed by atoms with van der Waals surface area (Å²) in [5.74, 6) is 0.0625. The van der Waals surface area contributed by atoms with E-state index in [4.69, 9.17) is 9.47 Å². The van der Waals surface area contributed by atoms with E-state index in [9.17, 15) is 4.79 Å². The van der Waals surface area contributed by atoms with Crippen LogP contribution in [0.2, 0.25) is 0 Å². The standard InChI is InChI=1S/C14H29N3O3/c1-13(14(18)16-6-4-10-19-2)15-5-3-7-17-8-11-20-12-9-17/h13,15H,3-12H2,1-2H3,(H,16,18). The van der Waals surface area contributed by atoms with Crippen molar-refractivity contribution >= 4 is 5.91 Å². The summed E-state index contributed by atoms with van der Waals surface area (Å²) in [6, 6.07) is -0.137. The minimum atomic E-state index is -0.137. The lowest BCUT2D eigenvalue weighted by Crippen LogP contribution is -2.44. The maximum absolute atomic E-state index is 11.8. The molecule has 0 radical (unpaired) electrons. The van der Waals surface area contributed by atoms with Crippen LogP contribution in [0, 0.1) is 0 Å². The van der Waals surface area contributed by atoms with Gasteiger partial charge >= 0.3 is 0 Å². The highest BCUT2D eigenvalue weighted by Gasteiger charge is 2.12. The van der Waals surface area contributed by atoms with E-state index in [0.717, 1.165) is 52.2 Å². The van der Waals surface area contributed by atoms with Gasteiger partial charge in [-0.05, 0) is 32.9 Å². The molecule has 1 saturated heterocycles. The van der Waals surface area contributed by atoms with Gasteiger partial charge in [-0.1, -0.05) is 0 Å². The molecule has 1 aliphatic rings. The van der Waals surface area contributed by atoms with E-state index < -0.39 is 0 Å². The second kappa shape index (κ2) is 11.0.